The number of anilines is 1. The summed E-state index contributed by atoms with van der Waals surface area (Å²) in [5.41, 5.74) is 1.32. The molecule has 0 atom stereocenters. The molecule has 0 fully saturated rings. The van der Waals surface area contributed by atoms with Gasteiger partial charge in [-0.05, 0) is 31.2 Å². The molecule has 22 heavy (non-hydrogen) atoms. The molecule has 8 heteroatoms. The standard InChI is InChI=1S/C14H12N4O4/c1-8-7-11(22-18-8)12(19)15-14-17-16-13(21-14)9-3-5-10(20-2)6-4-9/h3-7H,1-2H3,(H,15,17,19). The fourth-order valence-electron chi connectivity index (χ4n) is 1.75. The second-order valence-electron chi connectivity index (χ2n) is 4.43. The van der Waals surface area contributed by atoms with E-state index in [1.165, 1.54) is 6.07 Å². The SMILES string of the molecule is COc1ccc(-c2nnc(NC(=O)c3cc(C)no3)o2)cc1. The van der Waals surface area contributed by atoms with Crippen molar-refractivity contribution in [3.05, 3.63) is 41.8 Å². The Morgan fingerprint density at radius 3 is 2.64 bits per heavy atom. The molecule has 0 unspecified atom stereocenters. The van der Waals surface area contributed by atoms with E-state index in [1.807, 2.05) is 0 Å². The van der Waals surface area contributed by atoms with Gasteiger partial charge in [-0.3, -0.25) is 10.1 Å². The lowest BCUT2D eigenvalue weighted by molar-refractivity contribution is 0.0985. The number of ether oxygens (including phenoxy) is 1. The molecular formula is C14H12N4O4. The van der Waals surface area contributed by atoms with E-state index < -0.39 is 5.91 Å². The molecule has 0 saturated heterocycles. The number of carbonyl (C=O) groups is 1. The summed E-state index contributed by atoms with van der Waals surface area (Å²) in [5, 5.41) is 13.7. The minimum Gasteiger partial charge on any atom is -0.497 e. The highest BCUT2D eigenvalue weighted by molar-refractivity contribution is 6.00. The molecule has 0 radical (unpaired) electrons. The topological polar surface area (TPSA) is 103 Å². The van der Waals surface area contributed by atoms with Crippen molar-refractivity contribution in [3.8, 4) is 17.2 Å². The maximum absolute atomic E-state index is 11.9. The first-order valence-electron chi connectivity index (χ1n) is 6.38. The van der Waals surface area contributed by atoms with Crippen molar-refractivity contribution >= 4 is 11.9 Å². The van der Waals surface area contributed by atoms with Gasteiger partial charge in [-0.1, -0.05) is 10.3 Å². The lowest BCUT2D eigenvalue weighted by Crippen LogP contribution is -2.11. The van der Waals surface area contributed by atoms with Gasteiger partial charge in [-0.25, -0.2) is 0 Å². The number of hydrogen-bond donors (Lipinski definition) is 1. The van der Waals surface area contributed by atoms with Crippen LogP contribution in [0.2, 0.25) is 0 Å². The Labute approximate surface area is 125 Å². The summed E-state index contributed by atoms with van der Waals surface area (Å²) in [4.78, 5) is 11.9. The van der Waals surface area contributed by atoms with Gasteiger partial charge >= 0.3 is 6.01 Å². The predicted octanol–water partition coefficient (Wildman–Crippen LogP) is 2.29. The van der Waals surface area contributed by atoms with Crippen molar-refractivity contribution in [3.63, 3.8) is 0 Å². The van der Waals surface area contributed by atoms with Gasteiger partial charge in [-0.15, -0.1) is 5.10 Å². The van der Waals surface area contributed by atoms with E-state index in [0.29, 0.717) is 11.3 Å². The van der Waals surface area contributed by atoms with Crippen molar-refractivity contribution in [2.24, 2.45) is 0 Å². The third-order valence-corrected chi connectivity index (χ3v) is 2.83. The molecule has 8 nitrogen and oxygen atoms in total. The van der Waals surface area contributed by atoms with Gasteiger partial charge in [0.05, 0.1) is 12.8 Å². The summed E-state index contributed by atoms with van der Waals surface area (Å²) in [6, 6.07) is 8.58. The van der Waals surface area contributed by atoms with Crippen molar-refractivity contribution < 1.29 is 18.5 Å². The zero-order valence-electron chi connectivity index (χ0n) is 11.9. The maximum Gasteiger partial charge on any atom is 0.322 e. The van der Waals surface area contributed by atoms with Gasteiger partial charge in [0.1, 0.15) is 5.75 Å². The van der Waals surface area contributed by atoms with Crippen LogP contribution in [-0.4, -0.2) is 28.4 Å². The Balaban J connectivity index is 1.74. The highest BCUT2D eigenvalue weighted by Gasteiger charge is 2.16. The molecule has 1 aromatic carbocycles. The maximum atomic E-state index is 11.9. The van der Waals surface area contributed by atoms with Crippen molar-refractivity contribution in [2.75, 3.05) is 12.4 Å². The average molecular weight is 300 g/mol. The molecule has 0 bridgehead atoms. The first-order chi connectivity index (χ1) is 10.7. The Kier molecular flexibility index (Phi) is 3.57. The van der Waals surface area contributed by atoms with Crippen LogP contribution >= 0.6 is 0 Å². The van der Waals surface area contributed by atoms with Crippen molar-refractivity contribution in [2.45, 2.75) is 6.92 Å². The number of methoxy groups -OCH3 is 1. The van der Waals surface area contributed by atoms with E-state index in [-0.39, 0.29) is 17.7 Å². The number of hydrogen-bond acceptors (Lipinski definition) is 7. The summed E-state index contributed by atoms with van der Waals surface area (Å²) >= 11 is 0. The Bertz CT molecular complexity index is 791. The van der Waals surface area contributed by atoms with Gasteiger partial charge in [0, 0.05) is 11.6 Å². The number of benzene rings is 1. The minimum absolute atomic E-state index is 0.0233. The number of aryl methyl sites for hydroxylation is 1. The number of carbonyl (C=O) groups excluding carboxylic acids is 1. The lowest BCUT2D eigenvalue weighted by Gasteiger charge is -1.99. The Hall–Kier alpha value is -3.16. The van der Waals surface area contributed by atoms with Crippen LogP contribution in [0.15, 0.2) is 39.3 Å². The van der Waals surface area contributed by atoms with E-state index in [9.17, 15) is 4.79 Å². The second kappa shape index (κ2) is 5.68. The van der Waals surface area contributed by atoms with Gasteiger partial charge in [0.15, 0.2) is 0 Å². The molecule has 3 aromatic rings. The quantitative estimate of drug-likeness (QED) is 0.788. The summed E-state index contributed by atoms with van der Waals surface area (Å²) in [6.07, 6.45) is 0. The fraction of sp³-hybridized carbons (Fsp3) is 0.143. The first-order valence-corrected chi connectivity index (χ1v) is 6.38. The minimum atomic E-state index is -0.509. The number of rotatable bonds is 4. The van der Waals surface area contributed by atoms with Crippen LogP contribution in [0.5, 0.6) is 5.75 Å². The third kappa shape index (κ3) is 2.80. The Morgan fingerprint density at radius 2 is 2.00 bits per heavy atom. The van der Waals surface area contributed by atoms with Gasteiger partial charge in [-0.2, -0.15) is 0 Å². The summed E-state index contributed by atoms with van der Waals surface area (Å²) in [7, 11) is 1.58. The molecule has 3 rings (SSSR count). The van der Waals surface area contributed by atoms with Crippen LogP contribution in [0.1, 0.15) is 16.2 Å². The van der Waals surface area contributed by atoms with Gasteiger partial charge in [0.25, 0.3) is 5.91 Å². The number of aromatic nitrogens is 3. The summed E-state index contributed by atoms with van der Waals surface area (Å²) in [5.74, 6) is 0.566. The molecule has 0 aliphatic carbocycles. The van der Waals surface area contributed by atoms with Gasteiger partial charge in [0.2, 0.25) is 11.7 Å². The molecule has 0 aliphatic rings. The summed E-state index contributed by atoms with van der Waals surface area (Å²) < 4.78 is 15.3. The molecule has 2 aromatic heterocycles. The third-order valence-electron chi connectivity index (χ3n) is 2.83. The molecule has 0 aliphatic heterocycles. The molecule has 2 heterocycles. The molecule has 112 valence electrons. The van der Waals surface area contributed by atoms with E-state index in [1.54, 1.807) is 38.3 Å². The largest absolute Gasteiger partial charge is 0.497 e. The first kappa shape index (κ1) is 13.8. The van der Waals surface area contributed by atoms with Crippen LogP contribution in [0, 0.1) is 6.92 Å². The van der Waals surface area contributed by atoms with E-state index >= 15 is 0 Å². The van der Waals surface area contributed by atoms with E-state index in [2.05, 4.69) is 20.7 Å². The molecule has 0 saturated carbocycles. The van der Waals surface area contributed by atoms with Crippen LogP contribution < -0.4 is 10.1 Å². The molecular weight excluding hydrogens is 288 g/mol. The van der Waals surface area contributed by atoms with E-state index in [0.717, 1.165) is 5.75 Å². The Morgan fingerprint density at radius 1 is 1.23 bits per heavy atom. The number of nitrogens with one attached hydrogen (secondary N) is 1. The van der Waals surface area contributed by atoms with Gasteiger partial charge < -0.3 is 13.7 Å². The zero-order chi connectivity index (χ0) is 15.5. The van der Waals surface area contributed by atoms with Crippen molar-refractivity contribution in [1.29, 1.82) is 0 Å². The fourth-order valence-corrected chi connectivity index (χ4v) is 1.75. The van der Waals surface area contributed by atoms with Crippen LogP contribution in [0.25, 0.3) is 11.5 Å². The monoisotopic (exact) mass is 300 g/mol. The molecule has 0 spiro atoms. The highest BCUT2D eigenvalue weighted by atomic mass is 16.5. The summed E-state index contributed by atoms with van der Waals surface area (Å²) in [6.45, 7) is 1.72. The number of amides is 1. The predicted molar refractivity (Wildman–Crippen MR) is 75.5 cm³/mol. The van der Waals surface area contributed by atoms with Crippen molar-refractivity contribution in [1.82, 2.24) is 15.4 Å². The molecule has 1 N–H and O–H groups in total. The average Bonchev–Trinajstić information content (AvgIpc) is 3.16. The van der Waals surface area contributed by atoms with Crippen LogP contribution in [0.4, 0.5) is 6.01 Å². The molecule has 1 amide bonds. The van der Waals surface area contributed by atoms with E-state index in [4.69, 9.17) is 13.7 Å². The zero-order valence-corrected chi connectivity index (χ0v) is 11.9. The number of nitrogens with zero attached hydrogens (tertiary/aromatic N) is 3. The second-order valence-corrected chi connectivity index (χ2v) is 4.43. The highest BCUT2D eigenvalue weighted by Crippen LogP contribution is 2.22. The smallest absolute Gasteiger partial charge is 0.322 e. The normalized spacial score (nSPS) is 10.5. The van der Waals surface area contributed by atoms with Crippen LogP contribution in [0.3, 0.4) is 0 Å². The lowest BCUT2D eigenvalue weighted by atomic mass is 10.2. The van der Waals surface area contributed by atoms with Crippen LogP contribution in [-0.2, 0) is 0 Å².